The van der Waals surface area contributed by atoms with Crippen molar-refractivity contribution in [2.75, 3.05) is 47.5 Å². The van der Waals surface area contributed by atoms with Gasteiger partial charge in [0.2, 0.25) is 0 Å². The lowest BCUT2D eigenvalue weighted by Gasteiger charge is -2.43. The molecule has 0 saturated carbocycles. The van der Waals surface area contributed by atoms with Gasteiger partial charge in [0, 0.05) is 21.3 Å². The summed E-state index contributed by atoms with van der Waals surface area (Å²) >= 11 is 29.6. The Kier molecular flexibility index (Phi) is 16.5. The molecule has 0 aliphatic carbocycles. The maximum Gasteiger partial charge on any atom is 0.0922 e. The highest BCUT2D eigenvalue weighted by atomic mass is 79.9. The quantitative estimate of drug-likeness (QED) is 0.157. The molecule has 0 fully saturated rings. The highest BCUT2D eigenvalue weighted by Gasteiger charge is 2.36. The fourth-order valence-electron chi connectivity index (χ4n) is 2.32. The van der Waals surface area contributed by atoms with Gasteiger partial charge in [0.15, 0.2) is 0 Å². The zero-order valence-electron chi connectivity index (χ0n) is 11.4. The Bertz CT molecular complexity index is 214. The van der Waals surface area contributed by atoms with E-state index in [1.807, 2.05) is 0 Å². The van der Waals surface area contributed by atoms with Crippen molar-refractivity contribution in [1.82, 2.24) is 0 Å². The van der Waals surface area contributed by atoms with E-state index in [1.165, 1.54) is 0 Å². The van der Waals surface area contributed by atoms with Gasteiger partial charge in [-0.2, -0.15) is 0 Å². The highest BCUT2D eigenvalue weighted by molar-refractivity contribution is 9.13. The highest BCUT2D eigenvalue weighted by Crippen LogP contribution is 2.25. The molecular weight excluding hydrogens is 797 g/mol. The summed E-state index contributed by atoms with van der Waals surface area (Å²) in [5.74, 6) is 0. The summed E-state index contributed by atoms with van der Waals surface area (Å²) in [7, 11) is 0. The SMILES string of the molecule is BrCC(Br)C[N+](CC(Br)CBr)(CC(Br)CBr)CC(Br)CBr. The Hall–Kier alpha value is 3.80. The van der Waals surface area contributed by atoms with Crippen LogP contribution in [-0.4, -0.2) is 71.3 Å². The van der Waals surface area contributed by atoms with Crippen LogP contribution in [0, 0.1) is 0 Å². The predicted molar refractivity (Wildman–Crippen MR) is 126 cm³/mol. The molecule has 0 rings (SSSR count). The van der Waals surface area contributed by atoms with Crippen LogP contribution in [-0.2, 0) is 0 Å². The third kappa shape index (κ3) is 11.2. The van der Waals surface area contributed by atoms with Crippen LogP contribution in [0.1, 0.15) is 0 Å². The third-order valence-electron chi connectivity index (χ3n) is 3.01. The number of halogens is 8. The van der Waals surface area contributed by atoms with Crippen LogP contribution in [0.2, 0.25) is 0 Å². The average Bonchev–Trinajstić information content (AvgIpc) is 2.46. The van der Waals surface area contributed by atoms with Gasteiger partial charge >= 0.3 is 0 Å². The lowest BCUT2D eigenvalue weighted by molar-refractivity contribution is -0.925. The third-order valence-corrected chi connectivity index (χ3v) is 12.1. The molecule has 4 atom stereocenters. The van der Waals surface area contributed by atoms with Gasteiger partial charge in [-0.05, 0) is 0 Å². The summed E-state index contributed by atoms with van der Waals surface area (Å²) in [5.41, 5.74) is 0. The van der Waals surface area contributed by atoms with Gasteiger partial charge in [-0.1, -0.05) is 127 Å². The minimum absolute atomic E-state index is 0.470. The van der Waals surface area contributed by atoms with E-state index < -0.39 is 0 Å². The maximum atomic E-state index is 3.80. The van der Waals surface area contributed by atoms with Crippen molar-refractivity contribution in [2.45, 2.75) is 19.3 Å². The van der Waals surface area contributed by atoms with E-state index in [-0.39, 0.29) is 0 Å². The van der Waals surface area contributed by atoms with Gasteiger partial charge in [-0.25, -0.2) is 0 Å². The number of alkyl halides is 8. The molecule has 9 heteroatoms. The molecule has 0 aliphatic heterocycles. The van der Waals surface area contributed by atoms with Crippen LogP contribution in [0.3, 0.4) is 0 Å². The first-order valence-corrected chi connectivity index (χ1v) is 14.6. The van der Waals surface area contributed by atoms with E-state index in [4.69, 9.17) is 0 Å². The fraction of sp³-hybridized carbons (Fsp3) is 1.00. The van der Waals surface area contributed by atoms with Gasteiger partial charge in [-0.15, -0.1) is 0 Å². The molecule has 1 nitrogen and oxygen atoms in total. The van der Waals surface area contributed by atoms with Crippen molar-refractivity contribution in [3.63, 3.8) is 0 Å². The molecule has 0 aromatic heterocycles. The fourth-order valence-corrected chi connectivity index (χ4v) is 5.60. The lowest BCUT2D eigenvalue weighted by atomic mass is 10.2. The molecule has 0 aliphatic rings. The van der Waals surface area contributed by atoms with Crippen LogP contribution < -0.4 is 0 Å². The summed E-state index contributed by atoms with van der Waals surface area (Å²) in [5, 5.41) is 3.88. The van der Waals surface area contributed by atoms with E-state index in [0.29, 0.717) is 19.3 Å². The molecule has 21 heavy (non-hydrogen) atoms. The average molecular weight is 818 g/mol. The standard InChI is InChI=1S/C12H20Br8N/c13-1-9(17)5-21(6-10(18)2-14,7-11(19)3-15)8-12(20)4-16/h9-12H,1-8H2/q+1. The normalized spacial score (nSPS) is 20.6. The second-order valence-electron chi connectivity index (χ2n) is 5.08. The van der Waals surface area contributed by atoms with Gasteiger partial charge in [0.1, 0.15) is 0 Å². The predicted octanol–water partition coefficient (Wildman–Crippen LogP) is 6.44. The van der Waals surface area contributed by atoms with Gasteiger partial charge in [0.05, 0.1) is 45.5 Å². The van der Waals surface area contributed by atoms with Crippen molar-refractivity contribution in [3.05, 3.63) is 0 Å². The first-order chi connectivity index (χ1) is 9.82. The van der Waals surface area contributed by atoms with Crippen LogP contribution in [0.5, 0.6) is 0 Å². The maximum absolute atomic E-state index is 3.80. The van der Waals surface area contributed by atoms with Crippen LogP contribution in [0.25, 0.3) is 0 Å². The molecule has 0 aromatic carbocycles. The van der Waals surface area contributed by atoms with E-state index >= 15 is 0 Å². The van der Waals surface area contributed by atoms with Crippen molar-refractivity contribution >= 4 is 127 Å². The molecule has 0 radical (unpaired) electrons. The lowest BCUT2D eigenvalue weighted by Crippen LogP contribution is -2.59. The first kappa shape index (κ1) is 24.8. The molecule has 4 unspecified atom stereocenters. The summed E-state index contributed by atoms with van der Waals surface area (Å²) in [4.78, 5) is 1.88. The smallest absolute Gasteiger partial charge is 0.0922 e. The van der Waals surface area contributed by atoms with Crippen molar-refractivity contribution in [2.24, 2.45) is 0 Å². The van der Waals surface area contributed by atoms with E-state index in [9.17, 15) is 0 Å². The van der Waals surface area contributed by atoms with Crippen molar-refractivity contribution < 1.29 is 4.48 Å². The monoisotopic (exact) mass is 810 g/mol. The summed E-state index contributed by atoms with van der Waals surface area (Å²) in [6.45, 7) is 4.41. The van der Waals surface area contributed by atoms with Gasteiger partial charge < -0.3 is 4.48 Å². The second-order valence-corrected chi connectivity index (χ2v) is 12.8. The summed E-state index contributed by atoms with van der Waals surface area (Å²) in [6, 6.07) is 0. The zero-order chi connectivity index (χ0) is 16.5. The molecule has 0 saturated heterocycles. The Morgan fingerprint density at radius 3 is 0.810 bits per heavy atom. The second kappa shape index (κ2) is 13.9. The topological polar surface area (TPSA) is 0 Å². The number of quaternary nitrogens is 1. The number of nitrogens with zero attached hydrogens (tertiary/aromatic N) is 1. The molecular formula is C12H20Br8N+. The van der Waals surface area contributed by atoms with E-state index in [0.717, 1.165) is 52.0 Å². The van der Waals surface area contributed by atoms with E-state index in [1.54, 1.807) is 0 Å². The van der Waals surface area contributed by atoms with Crippen LogP contribution in [0.4, 0.5) is 0 Å². The van der Waals surface area contributed by atoms with Crippen LogP contribution in [0.15, 0.2) is 0 Å². The molecule has 0 amide bonds. The molecule has 0 N–H and O–H groups in total. The Morgan fingerprint density at radius 1 is 0.476 bits per heavy atom. The number of hydrogen-bond acceptors (Lipinski definition) is 0. The van der Waals surface area contributed by atoms with Crippen molar-refractivity contribution in [1.29, 1.82) is 0 Å². The molecule has 0 heterocycles. The van der Waals surface area contributed by atoms with Crippen molar-refractivity contribution in [3.8, 4) is 0 Å². The van der Waals surface area contributed by atoms with Gasteiger partial charge in [0.25, 0.3) is 0 Å². The molecule has 0 aromatic rings. The largest absolute Gasteiger partial charge is 0.320 e. The zero-order valence-corrected chi connectivity index (χ0v) is 24.1. The minimum atomic E-state index is 0.470. The van der Waals surface area contributed by atoms with Gasteiger partial charge in [-0.3, -0.25) is 0 Å². The van der Waals surface area contributed by atoms with E-state index in [2.05, 4.69) is 127 Å². The number of hydrogen-bond donors (Lipinski definition) is 0. The molecule has 128 valence electrons. The number of rotatable bonds is 12. The summed E-state index contributed by atoms with van der Waals surface area (Å²) in [6.07, 6.45) is 0. The first-order valence-electron chi connectivity index (χ1n) is 6.47. The minimum Gasteiger partial charge on any atom is -0.320 e. The Balaban J connectivity index is 5.23. The molecule has 0 bridgehead atoms. The summed E-state index contributed by atoms with van der Waals surface area (Å²) < 4.78 is 1.06. The molecule has 0 spiro atoms. The Morgan fingerprint density at radius 2 is 0.667 bits per heavy atom. The Labute approximate surface area is 196 Å². The van der Waals surface area contributed by atoms with Crippen LogP contribution >= 0.6 is 127 Å².